The van der Waals surface area contributed by atoms with Crippen molar-refractivity contribution in [3.05, 3.63) is 24.2 Å². The quantitative estimate of drug-likeness (QED) is 0.775. The van der Waals surface area contributed by atoms with Crippen LogP contribution in [0.2, 0.25) is 0 Å². The van der Waals surface area contributed by atoms with E-state index in [4.69, 9.17) is 9.15 Å². The van der Waals surface area contributed by atoms with Crippen molar-refractivity contribution in [1.82, 2.24) is 5.32 Å². The average Bonchev–Trinajstić information content (AvgIpc) is 2.65. The van der Waals surface area contributed by atoms with E-state index in [1.54, 1.807) is 26.0 Å². The van der Waals surface area contributed by atoms with Gasteiger partial charge in [-0.15, -0.1) is 0 Å². The molecule has 1 saturated heterocycles. The van der Waals surface area contributed by atoms with E-state index in [9.17, 15) is 9.59 Å². The number of ketones is 1. The second-order valence-electron chi connectivity index (χ2n) is 4.39. The van der Waals surface area contributed by atoms with Crippen molar-refractivity contribution in [2.24, 2.45) is 0 Å². The number of amides is 1. The molecule has 1 aromatic heterocycles. The van der Waals surface area contributed by atoms with Gasteiger partial charge >= 0.3 is 6.09 Å². The molecule has 1 N–H and O–H groups in total. The van der Waals surface area contributed by atoms with E-state index in [0.29, 0.717) is 6.42 Å². The van der Waals surface area contributed by atoms with E-state index in [0.717, 1.165) is 0 Å². The predicted molar refractivity (Wildman–Crippen MR) is 55.1 cm³/mol. The SMILES string of the molecule is CC1(C)CC(C(=O)c2ccco2)NC(=O)O1. The second kappa shape index (κ2) is 3.66. The first-order valence-electron chi connectivity index (χ1n) is 5.05. The van der Waals surface area contributed by atoms with Crippen LogP contribution in [-0.2, 0) is 4.74 Å². The normalized spacial score (nSPS) is 23.4. The van der Waals surface area contributed by atoms with Gasteiger partial charge in [-0.2, -0.15) is 0 Å². The van der Waals surface area contributed by atoms with E-state index in [2.05, 4.69) is 5.32 Å². The molecular formula is C11H13NO4. The Hall–Kier alpha value is -1.78. The number of cyclic esters (lactones) is 1. The lowest BCUT2D eigenvalue weighted by Gasteiger charge is -2.34. The van der Waals surface area contributed by atoms with Crippen LogP contribution in [-0.4, -0.2) is 23.5 Å². The second-order valence-corrected chi connectivity index (χ2v) is 4.39. The molecule has 1 atom stereocenters. The number of Topliss-reactive ketones (excluding diaryl/α,β-unsaturated/α-hetero) is 1. The molecule has 0 saturated carbocycles. The maximum Gasteiger partial charge on any atom is 0.408 e. The Bertz CT molecular complexity index is 408. The van der Waals surface area contributed by atoms with E-state index >= 15 is 0 Å². The molecule has 86 valence electrons. The smallest absolute Gasteiger partial charge is 0.408 e. The van der Waals surface area contributed by atoms with Crippen LogP contribution in [0.15, 0.2) is 22.8 Å². The number of nitrogens with one attached hydrogen (secondary N) is 1. The minimum absolute atomic E-state index is 0.227. The fraction of sp³-hybridized carbons (Fsp3) is 0.455. The first-order chi connectivity index (χ1) is 7.48. The molecular weight excluding hydrogens is 210 g/mol. The Morgan fingerprint density at radius 1 is 1.56 bits per heavy atom. The summed E-state index contributed by atoms with van der Waals surface area (Å²) in [6.45, 7) is 3.54. The highest BCUT2D eigenvalue weighted by atomic mass is 16.6. The summed E-state index contributed by atoms with van der Waals surface area (Å²) in [5, 5.41) is 2.49. The maximum absolute atomic E-state index is 11.9. The molecule has 2 rings (SSSR count). The van der Waals surface area contributed by atoms with Gasteiger partial charge in [0, 0.05) is 6.42 Å². The highest BCUT2D eigenvalue weighted by Gasteiger charge is 2.38. The zero-order chi connectivity index (χ0) is 11.8. The summed E-state index contributed by atoms with van der Waals surface area (Å²) in [4.78, 5) is 23.2. The Kier molecular flexibility index (Phi) is 2.46. The Morgan fingerprint density at radius 2 is 2.31 bits per heavy atom. The van der Waals surface area contributed by atoms with E-state index in [1.165, 1.54) is 6.26 Å². The molecule has 0 spiro atoms. The van der Waals surface area contributed by atoms with Gasteiger partial charge in [0.15, 0.2) is 5.76 Å². The summed E-state index contributed by atoms with van der Waals surface area (Å²) in [6.07, 6.45) is 1.29. The molecule has 1 amide bonds. The summed E-state index contributed by atoms with van der Waals surface area (Å²) in [7, 11) is 0. The third-order valence-electron chi connectivity index (χ3n) is 2.44. The van der Waals surface area contributed by atoms with Crippen LogP contribution in [0.5, 0.6) is 0 Å². The van der Waals surface area contributed by atoms with Gasteiger partial charge in [-0.05, 0) is 26.0 Å². The van der Waals surface area contributed by atoms with Crippen molar-refractivity contribution in [3.63, 3.8) is 0 Å². The lowest BCUT2D eigenvalue weighted by molar-refractivity contribution is 0.00115. The van der Waals surface area contributed by atoms with Gasteiger partial charge in [-0.25, -0.2) is 4.79 Å². The number of rotatable bonds is 2. The number of furan rings is 1. The number of carbonyl (C=O) groups excluding carboxylic acids is 2. The molecule has 1 fully saturated rings. The standard InChI is InChI=1S/C11H13NO4/c1-11(2)6-7(12-10(14)16-11)9(13)8-4-3-5-15-8/h3-5,7H,6H2,1-2H3,(H,12,14). The van der Waals surface area contributed by atoms with Crippen LogP contribution in [0.4, 0.5) is 4.79 Å². The van der Waals surface area contributed by atoms with Gasteiger partial charge in [-0.1, -0.05) is 0 Å². The number of alkyl carbamates (subject to hydrolysis) is 1. The topological polar surface area (TPSA) is 68.5 Å². The van der Waals surface area contributed by atoms with Crippen LogP contribution in [0.25, 0.3) is 0 Å². The molecule has 0 aliphatic carbocycles. The molecule has 0 aromatic carbocycles. The Labute approximate surface area is 92.8 Å². The van der Waals surface area contributed by atoms with Crippen molar-refractivity contribution < 1.29 is 18.7 Å². The average molecular weight is 223 g/mol. The molecule has 1 unspecified atom stereocenters. The van der Waals surface area contributed by atoms with Crippen LogP contribution in [0.1, 0.15) is 30.8 Å². The van der Waals surface area contributed by atoms with Gasteiger partial charge < -0.3 is 14.5 Å². The van der Waals surface area contributed by atoms with Crippen molar-refractivity contribution in [2.45, 2.75) is 31.9 Å². The predicted octanol–water partition coefficient (Wildman–Crippen LogP) is 1.74. The number of hydrogen-bond acceptors (Lipinski definition) is 4. The van der Waals surface area contributed by atoms with Gasteiger partial charge in [0.1, 0.15) is 11.6 Å². The minimum Gasteiger partial charge on any atom is -0.461 e. The molecule has 1 aliphatic heterocycles. The van der Waals surface area contributed by atoms with Crippen molar-refractivity contribution in [3.8, 4) is 0 Å². The summed E-state index contributed by atoms with van der Waals surface area (Å²) < 4.78 is 10.0. The van der Waals surface area contributed by atoms with Gasteiger partial charge in [0.05, 0.1) is 6.26 Å². The monoisotopic (exact) mass is 223 g/mol. The largest absolute Gasteiger partial charge is 0.461 e. The molecule has 0 bridgehead atoms. The van der Waals surface area contributed by atoms with Crippen LogP contribution < -0.4 is 5.32 Å². The lowest BCUT2D eigenvalue weighted by atomic mass is 9.94. The van der Waals surface area contributed by atoms with E-state index in [1.807, 2.05) is 0 Å². The summed E-state index contributed by atoms with van der Waals surface area (Å²) in [5.74, 6) is 0.0257. The number of hydrogen-bond donors (Lipinski definition) is 1. The molecule has 5 nitrogen and oxygen atoms in total. The number of carbonyl (C=O) groups is 2. The molecule has 1 aromatic rings. The van der Waals surface area contributed by atoms with E-state index < -0.39 is 17.7 Å². The van der Waals surface area contributed by atoms with Gasteiger partial charge in [0.25, 0.3) is 0 Å². The molecule has 1 aliphatic rings. The fourth-order valence-electron chi connectivity index (χ4n) is 1.76. The van der Waals surface area contributed by atoms with Crippen LogP contribution in [0, 0.1) is 0 Å². The molecule has 5 heteroatoms. The van der Waals surface area contributed by atoms with E-state index in [-0.39, 0.29) is 11.5 Å². The zero-order valence-corrected chi connectivity index (χ0v) is 9.15. The summed E-state index contributed by atoms with van der Waals surface area (Å²) >= 11 is 0. The highest BCUT2D eigenvalue weighted by molar-refractivity contribution is 5.99. The number of ether oxygens (including phenoxy) is 1. The maximum atomic E-state index is 11.9. The van der Waals surface area contributed by atoms with Crippen molar-refractivity contribution >= 4 is 11.9 Å². The fourth-order valence-corrected chi connectivity index (χ4v) is 1.76. The molecule has 0 radical (unpaired) electrons. The van der Waals surface area contributed by atoms with Crippen molar-refractivity contribution in [1.29, 1.82) is 0 Å². The third-order valence-corrected chi connectivity index (χ3v) is 2.44. The first-order valence-corrected chi connectivity index (χ1v) is 5.05. The van der Waals surface area contributed by atoms with Crippen LogP contribution >= 0.6 is 0 Å². The Morgan fingerprint density at radius 3 is 2.88 bits per heavy atom. The third kappa shape index (κ3) is 2.08. The first kappa shape index (κ1) is 10.7. The Balaban J connectivity index is 2.16. The summed E-state index contributed by atoms with van der Waals surface area (Å²) in [6, 6.07) is 2.64. The van der Waals surface area contributed by atoms with Crippen LogP contribution in [0.3, 0.4) is 0 Å². The van der Waals surface area contributed by atoms with Gasteiger partial charge in [-0.3, -0.25) is 4.79 Å². The van der Waals surface area contributed by atoms with Gasteiger partial charge in [0.2, 0.25) is 5.78 Å². The zero-order valence-electron chi connectivity index (χ0n) is 9.15. The lowest BCUT2D eigenvalue weighted by Crippen LogP contribution is -2.53. The van der Waals surface area contributed by atoms with Crippen molar-refractivity contribution in [2.75, 3.05) is 0 Å². The highest BCUT2D eigenvalue weighted by Crippen LogP contribution is 2.23. The molecule has 16 heavy (non-hydrogen) atoms. The summed E-state index contributed by atoms with van der Waals surface area (Å²) in [5.41, 5.74) is -0.630. The minimum atomic E-state index is -0.630. The molecule has 2 heterocycles.